The number of nitrogens with zero attached hydrogens (tertiary/aromatic N) is 2. The second-order valence-corrected chi connectivity index (χ2v) is 12.7. The summed E-state index contributed by atoms with van der Waals surface area (Å²) in [6, 6.07) is 6.88. The van der Waals surface area contributed by atoms with E-state index in [1.165, 1.54) is 50.5 Å². The molecule has 4 heteroatoms. The second-order valence-electron chi connectivity index (χ2n) is 12.7. The molecule has 0 aromatic carbocycles. The third-order valence-corrected chi connectivity index (χ3v) is 8.83. The first-order chi connectivity index (χ1) is 15.7. The largest absolute Gasteiger partial charge is 0.362 e. The van der Waals surface area contributed by atoms with Gasteiger partial charge in [-0.1, -0.05) is 48.5 Å². The number of rotatable bonds is 0. The SMILES string of the molecule is Cc1c2nc(cc3[nH]c(cc4[nH]c(cc5nc1C(C)(C)C5C)c(C)c4C)CC3(C)C)CC2(C)C. The Morgan fingerprint density at radius 1 is 0.735 bits per heavy atom. The summed E-state index contributed by atoms with van der Waals surface area (Å²) < 4.78 is 0. The van der Waals surface area contributed by atoms with Crippen LogP contribution in [0.4, 0.5) is 0 Å². The smallest absolute Gasteiger partial charge is 0.0517 e. The van der Waals surface area contributed by atoms with E-state index in [0.29, 0.717) is 5.92 Å². The molecule has 5 rings (SSSR count). The summed E-state index contributed by atoms with van der Waals surface area (Å²) in [6.07, 6.45) is 1.94. The highest BCUT2D eigenvalue weighted by Crippen LogP contribution is 2.45. The Morgan fingerprint density at radius 3 is 2.06 bits per heavy atom. The molecule has 2 aromatic heterocycles. The number of hydrogen-bond donors (Lipinski definition) is 2. The van der Waals surface area contributed by atoms with Crippen LogP contribution in [0.3, 0.4) is 0 Å². The van der Waals surface area contributed by atoms with Crippen molar-refractivity contribution in [3.63, 3.8) is 0 Å². The molecule has 0 saturated carbocycles. The van der Waals surface area contributed by atoms with Crippen LogP contribution in [0.1, 0.15) is 105 Å². The summed E-state index contributed by atoms with van der Waals surface area (Å²) in [4.78, 5) is 18.0. The molecule has 0 amide bonds. The maximum absolute atomic E-state index is 5.27. The summed E-state index contributed by atoms with van der Waals surface area (Å²) >= 11 is 0. The summed E-state index contributed by atoms with van der Waals surface area (Å²) in [5.74, 6) is 0.326. The van der Waals surface area contributed by atoms with E-state index in [1.807, 2.05) is 0 Å². The summed E-state index contributed by atoms with van der Waals surface area (Å²) in [5, 5.41) is 0. The van der Waals surface area contributed by atoms with Gasteiger partial charge in [0.25, 0.3) is 0 Å². The zero-order valence-corrected chi connectivity index (χ0v) is 22.6. The van der Waals surface area contributed by atoms with Crippen LogP contribution in [0.15, 0.2) is 18.2 Å². The molecule has 3 aliphatic rings. The van der Waals surface area contributed by atoms with Gasteiger partial charge in [0.2, 0.25) is 0 Å². The number of nitrogens with one attached hydrogen (secondary N) is 2. The van der Waals surface area contributed by atoms with E-state index in [9.17, 15) is 0 Å². The van der Waals surface area contributed by atoms with Crippen molar-refractivity contribution in [2.75, 3.05) is 0 Å². The number of aryl methyl sites for hydroxylation is 2. The minimum Gasteiger partial charge on any atom is -0.362 e. The van der Waals surface area contributed by atoms with Crippen molar-refractivity contribution in [3.8, 4) is 0 Å². The maximum Gasteiger partial charge on any atom is 0.0517 e. The molecule has 2 aromatic rings. The standard InChI is InChI=1S/C30H40N4/c1-16-17(2)23-13-24-19(4)30(9,10)27(34-24)18(3)26-29(7,8)15-21(32-26)12-25-28(5,6)14-20(31-25)11-22(16)33-23/h11-13,19,31,33H,14-15H2,1-10H3. The zero-order valence-electron chi connectivity index (χ0n) is 22.6. The average Bonchev–Trinajstić information content (AvgIpc) is 3.35. The Balaban J connectivity index is 1.95. The first-order valence-electron chi connectivity index (χ1n) is 12.7. The Hall–Kier alpha value is -2.62. The van der Waals surface area contributed by atoms with Crippen LogP contribution in [-0.2, 0) is 29.1 Å². The Morgan fingerprint density at radius 2 is 1.38 bits per heavy atom. The van der Waals surface area contributed by atoms with Gasteiger partial charge in [0, 0.05) is 62.4 Å². The normalized spacial score (nSPS) is 21.4. The van der Waals surface area contributed by atoms with E-state index in [4.69, 9.17) is 9.97 Å². The first kappa shape index (κ1) is 23.1. The highest BCUT2D eigenvalue weighted by atomic mass is 14.8. The van der Waals surface area contributed by atoms with E-state index < -0.39 is 0 Å². The van der Waals surface area contributed by atoms with Gasteiger partial charge < -0.3 is 9.97 Å². The highest BCUT2D eigenvalue weighted by molar-refractivity contribution is 5.71. The molecule has 0 spiro atoms. The molecule has 0 fully saturated rings. The van der Waals surface area contributed by atoms with E-state index in [-0.39, 0.29) is 16.2 Å². The van der Waals surface area contributed by atoms with Crippen molar-refractivity contribution < 1.29 is 0 Å². The van der Waals surface area contributed by atoms with E-state index in [1.54, 1.807) is 0 Å². The second kappa shape index (κ2) is 7.19. The van der Waals surface area contributed by atoms with Gasteiger partial charge >= 0.3 is 0 Å². The van der Waals surface area contributed by atoms with Crippen LogP contribution >= 0.6 is 0 Å². The number of fused-ring (bicyclic) bond motifs is 8. The summed E-state index contributed by atoms with van der Waals surface area (Å²) in [5.41, 5.74) is 13.4. The van der Waals surface area contributed by atoms with Crippen LogP contribution in [0.5, 0.6) is 0 Å². The molecule has 34 heavy (non-hydrogen) atoms. The topological polar surface area (TPSA) is 57.4 Å². The molecule has 8 bridgehead atoms. The Labute approximate surface area is 204 Å². The van der Waals surface area contributed by atoms with Crippen LogP contribution < -0.4 is 0 Å². The first-order valence-corrected chi connectivity index (χ1v) is 12.7. The summed E-state index contributed by atoms with van der Waals surface area (Å²) in [7, 11) is 0. The average molecular weight is 457 g/mol. The molecule has 180 valence electrons. The molecule has 5 heterocycles. The van der Waals surface area contributed by atoms with Crippen LogP contribution in [0.25, 0.3) is 11.0 Å². The third kappa shape index (κ3) is 3.40. The third-order valence-electron chi connectivity index (χ3n) is 8.83. The Bertz CT molecular complexity index is 1380. The lowest BCUT2D eigenvalue weighted by molar-refractivity contribution is 0.453. The van der Waals surface area contributed by atoms with Gasteiger partial charge in [0.15, 0.2) is 0 Å². The van der Waals surface area contributed by atoms with Crippen LogP contribution in [0, 0.1) is 20.8 Å². The van der Waals surface area contributed by atoms with Crippen molar-refractivity contribution in [1.82, 2.24) is 19.9 Å². The maximum atomic E-state index is 5.27. The van der Waals surface area contributed by atoms with Crippen LogP contribution in [-0.4, -0.2) is 19.9 Å². The van der Waals surface area contributed by atoms with Gasteiger partial charge in [-0.25, -0.2) is 0 Å². The van der Waals surface area contributed by atoms with Gasteiger partial charge in [-0.3, -0.25) is 9.97 Å². The molecule has 1 atom stereocenters. The molecular weight excluding hydrogens is 416 g/mol. The minimum atomic E-state index is -0.0490. The van der Waals surface area contributed by atoms with Crippen molar-refractivity contribution in [2.24, 2.45) is 0 Å². The molecule has 1 unspecified atom stereocenters. The minimum absolute atomic E-state index is 0.0121. The fraction of sp³-hybridized carbons (Fsp3) is 0.533. The predicted octanol–water partition coefficient (Wildman–Crippen LogP) is 7.08. The highest BCUT2D eigenvalue weighted by Gasteiger charge is 2.40. The van der Waals surface area contributed by atoms with Gasteiger partial charge in [-0.05, 0) is 62.1 Å². The molecule has 0 saturated heterocycles. The lowest BCUT2D eigenvalue weighted by Crippen LogP contribution is -2.23. The van der Waals surface area contributed by atoms with Crippen molar-refractivity contribution in [3.05, 3.63) is 69.1 Å². The lowest BCUT2D eigenvalue weighted by atomic mass is 9.75. The monoisotopic (exact) mass is 456 g/mol. The Kier molecular flexibility index (Phi) is 4.89. The number of H-pyrrole nitrogens is 2. The number of aromatic amines is 2. The van der Waals surface area contributed by atoms with Gasteiger partial charge in [0.05, 0.1) is 11.4 Å². The predicted molar refractivity (Wildman–Crippen MR) is 141 cm³/mol. The zero-order chi connectivity index (χ0) is 24.8. The lowest BCUT2D eigenvalue weighted by Gasteiger charge is -2.26. The van der Waals surface area contributed by atoms with Crippen LogP contribution in [0.2, 0.25) is 0 Å². The van der Waals surface area contributed by atoms with Gasteiger partial charge in [-0.2, -0.15) is 0 Å². The van der Waals surface area contributed by atoms with Crippen molar-refractivity contribution in [1.29, 1.82) is 0 Å². The van der Waals surface area contributed by atoms with Crippen molar-refractivity contribution in [2.45, 2.75) is 104 Å². The molecular formula is C30H40N4. The molecule has 2 N–H and O–H groups in total. The van der Waals surface area contributed by atoms with Gasteiger partial charge in [-0.15, -0.1) is 0 Å². The number of hydrogen-bond acceptors (Lipinski definition) is 2. The van der Waals surface area contributed by atoms with Gasteiger partial charge in [0.1, 0.15) is 0 Å². The van der Waals surface area contributed by atoms with E-state index >= 15 is 0 Å². The quantitative estimate of drug-likeness (QED) is 0.445. The molecule has 0 aliphatic carbocycles. The van der Waals surface area contributed by atoms with E-state index in [2.05, 4.69) is 97.4 Å². The fourth-order valence-corrected chi connectivity index (χ4v) is 6.12. The summed E-state index contributed by atoms with van der Waals surface area (Å²) in [6.45, 7) is 22.9. The van der Waals surface area contributed by atoms with Crippen molar-refractivity contribution >= 4 is 11.0 Å². The fourth-order valence-electron chi connectivity index (χ4n) is 6.12. The molecule has 3 aliphatic heterocycles. The number of aromatic nitrogens is 4. The van der Waals surface area contributed by atoms with E-state index in [0.717, 1.165) is 24.2 Å². The molecule has 0 radical (unpaired) electrons. The molecule has 4 nitrogen and oxygen atoms in total.